The molecular formula is C21H21N3O3. The zero-order valence-corrected chi connectivity index (χ0v) is 15.0. The topological polar surface area (TPSA) is 63.2 Å². The molecule has 0 atom stereocenters. The second kappa shape index (κ2) is 6.61. The van der Waals surface area contributed by atoms with Crippen LogP contribution in [-0.2, 0) is 24.1 Å². The Morgan fingerprint density at radius 3 is 3.04 bits per heavy atom. The van der Waals surface area contributed by atoms with Crippen molar-refractivity contribution in [2.45, 2.75) is 25.7 Å². The van der Waals surface area contributed by atoms with E-state index < -0.39 is 0 Å². The first kappa shape index (κ1) is 16.2. The van der Waals surface area contributed by atoms with Crippen molar-refractivity contribution in [3.8, 4) is 11.5 Å². The number of hydrogen-bond donors (Lipinski definition) is 1. The summed E-state index contributed by atoms with van der Waals surface area (Å²) in [5.41, 5.74) is 4.75. The standard InChI is InChI=1S/C21H21N3O3/c25-20(12-14-7-8-18-19(11-14)27-13-26-18)24-10-9-22-21(24)23-17-6-2-4-15-3-1-5-16(15)17/h2,4,6-8,11H,1,3,5,9-10,12-13H2,(H,22,23). The summed E-state index contributed by atoms with van der Waals surface area (Å²) in [7, 11) is 0. The van der Waals surface area contributed by atoms with Gasteiger partial charge in [-0.3, -0.25) is 14.7 Å². The number of guanidine groups is 1. The van der Waals surface area contributed by atoms with Crippen molar-refractivity contribution >= 4 is 17.6 Å². The van der Waals surface area contributed by atoms with E-state index >= 15 is 0 Å². The molecule has 2 aliphatic heterocycles. The van der Waals surface area contributed by atoms with Gasteiger partial charge in [-0.25, -0.2) is 0 Å². The van der Waals surface area contributed by atoms with Gasteiger partial charge in [0.2, 0.25) is 18.7 Å². The first-order valence-corrected chi connectivity index (χ1v) is 9.39. The minimum Gasteiger partial charge on any atom is -0.454 e. The van der Waals surface area contributed by atoms with Crippen molar-refractivity contribution in [1.82, 2.24) is 4.90 Å². The number of fused-ring (bicyclic) bond motifs is 2. The van der Waals surface area contributed by atoms with E-state index in [-0.39, 0.29) is 12.7 Å². The summed E-state index contributed by atoms with van der Waals surface area (Å²) in [6.45, 7) is 1.48. The lowest BCUT2D eigenvalue weighted by atomic mass is 10.1. The number of hydrogen-bond acceptors (Lipinski definition) is 5. The van der Waals surface area contributed by atoms with E-state index in [0.717, 1.165) is 29.8 Å². The fourth-order valence-corrected chi connectivity index (χ4v) is 3.98. The molecule has 2 aromatic carbocycles. The van der Waals surface area contributed by atoms with Crippen LogP contribution in [0.5, 0.6) is 11.5 Å². The van der Waals surface area contributed by atoms with Crippen LogP contribution in [0, 0.1) is 0 Å². The van der Waals surface area contributed by atoms with E-state index in [4.69, 9.17) is 9.47 Å². The van der Waals surface area contributed by atoms with Gasteiger partial charge in [0.05, 0.1) is 13.0 Å². The Morgan fingerprint density at radius 1 is 1.15 bits per heavy atom. The zero-order valence-electron chi connectivity index (χ0n) is 15.0. The van der Waals surface area contributed by atoms with Crippen molar-refractivity contribution < 1.29 is 14.3 Å². The second-order valence-corrected chi connectivity index (χ2v) is 7.04. The van der Waals surface area contributed by atoms with Crippen LogP contribution in [0.4, 0.5) is 5.69 Å². The number of nitrogens with one attached hydrogen (secondary N) is 1. The normalized spacial score (nSPS) is 17.0. The van der Waals surface area contributed by atoms with Crippen LogP contribution in [-0.4, -0.2) is 36.6 Å². The number of benzene rings is 2. The molecule has 0 saturated heterocycles. The molecular weight excluding hydrogens is 342 g/mol. The molecule has 0 bridgehead atoms. The van der Waals surface area contributed by atoms with Crippen LogP contribution in [0.15, 0.2) is 41.4 Å². The number of carbonyl (C=O) groups excluding carboxylic acids is 1. The Balaban J connectivity index is 1.31. The predicted octanol–water partition coefficient (Wildman–Crippen LogP) is 2.76. The molecule has 6 heteroatoms. The number of amides is 1. The molecule has 0 aromatic heterocycles. The van der Waals surface area contributed by atoms with Crippen molar-refractivity contribution in [3.63, 3.8) is 0 Å². The molecule has 2 heterocycles. The maximum absolute atomic E-state index is 12.9. The van der Waals surface area contributed by atoms with Gasteiger partial charge >= 0.3 is 0 Å². The Morgan fingerprint density at radius 2 is 2.07 bits per heavy atom. The highest BCUT2D eigenvalue weighted by Gasteiger charge is 2.26. The Kier molecular flexibility index (Phi) is 3.96. The van der Waals surface area contributed by atoms with Gasteiger partial charge in [-0.1, -0.05) is 18.2 Å². The highest BCUT2D eigenvalue weighted by atomic mass is 16.7. The molecule has 2 aromatic rings. The van der Waals surface area contributed by atoms with Gasteiger partial charge < -0.3 is 14.8 Å². The predicted molar refractivity (Wildman–Crippen MR) is 102 cm³/mol. The third-order valence-corrected chi connectivity index (χ3v) is 5.33. The smallest absolute Gasteiger partial charge is 0.233 e. The minimum atomic E-state index is 0.0326. The third kappa shape index (κ3) is 3.01. The molecule has 138 valence electrons. The Bertz CT molecular complexity index is 938. The SMILES string of the molecule is O=C(Cc1ccc2c(c1)OCO2)N1CCN=C1Nc1cccc2c1CCC2. The first-order valence-electron chi connectivity index (χ1n) is 9.39. The van der Waals surface area contributed by atoms with Gasteiger partial charge in [0.1, 0.15) is 0 Å². The minimum absolute atomic E-state index is 0.0326. The van der Waals surface area contributed by atoms with Gasteiger partial charge in [0, 0.05) is 12.2 Å². The number of rotatable bonds is 3. The molecule has 27 heavy (non-hydrogen) atoms. The van der Waals surface area contributed by atoms with Crippen molar-refractivity contribution in [2.75, 3.05) is 25.2 Å². The number of anilines is 1. The lowest BCUT2D eigenvalue weighted by molar-refractivity contribution is -0.126. The summed E-state index contributed by atoms with van der Waals surface area (Å²) >= 11 is 0. The Hall–Kier alpha value is -3.02. The molecule has 0 saturated carbocycles. The van der Waals surface area contributed by atoms with Gasteiger partial charge in [-0.05, 0) is 54.2 Å². The largest absolute Gasteiger partial charge is 0.454 e. The molecule has 0 unspecified atom stereocenters. The van der Waals surface area contributed by atoms with Gasteiger partial charge in [0.15, 0.2) is 11.5 Å². The third-order valence-electron chi connectivity index (χ3n) is 5.33. The van der Waals surface area contributed by atoms with E-state index in [1.54, 1.807) is 4.90 Å². The van der Waals surface area contributed by atoms with Gasteiger partial charge in [-0.2, -0.15) is 0 Å². The number of aryl methyl sites for hydroxylation is 1. The number of carbonyl (C=O) groups is 1. The van der Waals surface area contributed by atoms with E-state index in [0.29, 0.717) is 31.2 Å². The number of ether oxygens (including phenoxy) is 2. The fraction of sp³-hybridized carbons (Fsp3) is 0.333. The van der Waals surface area contributed by atoms with Crippen LogP contribution in [0.2, 0.25) is 0 Å². The van der Waals surface area contributed by atoms with Crippen LogP contribution < -0.4 is 14.8 Å². The molecule has 1 amide bonds. The highest BCUT2D eigenvalue weighted by molar-refractivity contribution is 6.06. The average Bonchev–Trinajstić information content (AvgIpc) is 3.41. The summed E-state index contributed by atoms with van der Waals surface area (Å²) in [5, 5.41) is 3.41. The van der Waals surface area contributed by atoms with Crippen molar-refractivity contribution in [2.24, 2.45) is 4.99 Å². The second-order valence-electron chi connectivity index (χ2n) is 7.04. The zero-order chi connectivity index (χ0) is 18.2. The van der Waals surface area contributed by atoms with E-state index in [1.165, 1.54) is 17.5 Å². The number of aliphatic imine (C=N–C) groups is 1. The summed E-state index contributed by atoms with van der Waals surface area (Å²) in [6.07, 6.45) is 3.71. The molecule has 1 N–H and O–H groups in total. The molecule has 6 nitrogen and oxygen atoms in total. The maximum atomic E-state index is 12.9. The number of nitrogens with zero attached hydrogens (tertiary/aromatic N) is 2. The highest BCUT2D eigenvalue weighted by Crippen LogP contribution is 2.33. The Labute approximate surface area is 157 Å². The van der Waals surface area contributed by atoms with Crippen LogP contribution >= 0.6 is 0 Å². The molecule has 0 radical (unpaired) electrons. The maximum Gasteiger partial charge on any atom is 0.233 e. The summed E-state index contributed by atoms with van der Waals surface area (Å²) < 4.78 is 10.7. The summed E-state index contributed by atoms with van der Waals surface area (Å²) in [4.78, 5) is 19.2. The lowest BCUT2D eigenvalue weighted by Gasteiger charge is -2.20. The van der Waals surface area contributed by atoms with Gasteiger partial charge in [-0.15, -0.1) is 0 Å². The fourth-order valence-electron chi connectivity index (χ4n) is 3.98. The van der Waals surface area contributed by atoms with E-state index in [2.05, 4.69) is 28.5 Å². The molecule has 5 rings (SSSR count). The van der Waals surface area contributed by atoms with Crippen LogP contribution in [0.25, 0.3) is 0 Å². The summed E-state index contributed by atoms with van der Waals surface area (Å²) in [5.74, 6) is 2.12. The molecule has 3 aliphatic rings. The first-order chi connectivity index (χ1) is 13.3. The molecule has 0 spiro atoms. The lowest BCUT2D eigenvalue weighted by Crippen LogP contribution is -2.39. The molecule has 1 aliphatic carbocycles. The monoisotopic (exact) mass is 363 g/mol. The van der Waals surface area contributed by atoms with Crippen molar-refractivity contribution in [1.29, 1.82) is 0 Å². The van der Waals surface area contributed by atoms with Gasteiger partial charge in [0.25, 0.3) is 0 Å². The molecule has 0 fully saturated rings. The van der Waals surface area contributed by atoms with E-state index in [1.807, 2.05) is 18.2 Å². The summed E-state index contributed by atoms with van der Waals surface area (Å²) in [6, 6.07) is 12.0. The quantitative estimate of drug-likeness (QED) is 0.911. The van der Waals surface area contributed by atoms with Crippen LogP contribution in [0.1, 0.15) is 23.1 Å². The average molecular weight is 363 g/mol. The van der Waals surface area contributed by atoms with Crippen molar-refractivity contribution in [3.05, 3.63) is 53.1 Å². The van der Waals surface area contributed by atoms with Crippen LogP contribution in [0.3, 0.4) is 0 Å². The van der Waals surface area contributed by atoms with E-state index in [9.17, 15) is 4.79 Å².